The third-order valence-corrected chi connectivity index (χ3v) is 9.95. The molecule has 0 radical (unpaired) electrons. The van der Waals surface area contributed by atoms with E-state index in [0.717, 1.165) is 48.4 Å². The Balaban J connectivity index is 1.48. The van der Waals surface area contributed by atoms with Crippen molar-refractivity contribution in [3.05, 3.63) is 64.6 Å². The summed E-state index contributed by atoms with van der Waals surface area (Å²) < 4.78 is 56.0. The fourth-order valence-corrected chi connectivity index (χ4v) is 8.40. The largest absolute Gasteiger partial charge is 0.508 e. The number of nitrogens with one attached hydrogen (secondary N) is 1. The van der Waals surface area contributed by atoms with Crippen LogP contribution in [-0.2, 0) is 14.3 Å². The summed E-state index contributed by atoms with van der Waals surface area (Å²) in [4.78, 5) is 13.6. The lowest BCUT2D eigenvalue weighted by Gasteiger charge is -2.63. The molecule has 2 heterocycles. The molecule has 6 atom stereocenters. The van der Waals surface area contributed by atoms with Crippen LogP contribution in [0.1, 0.15) is 37.7 Å². The third-order valence-electron chi connectivity index (χ3n) is 9.95. The molecular weight excluding hydrogens is 497 g/mol. The highest BCUT2D eigenvalue weighted by molar-refractivity contribution is 5.99. The zero-order chi connectivity index (χ0) is 27.1. The van der Waals surface area contributed by atoms with E-state index in [4.69, 9.17) is 9.47 Å². The van der Waals surface area contributed by atoms with Crippen LogP contribution < -0.4 is 5.32 Å². The van der Waals surface area contributed by atoms with Crippen LogP contribution >= 0.6 is 0 Å². The number of ether oxygens (including phenoxy) is 2. The minimum Gasteiger partial charge on any atom is -0.508 e. The molecule has 1 spiro atoms. The van der Waals surface area contributed by atoms with E-state index < -0.39 is 34.7 Å². The maximum Gasteiger partial charge on any atom is 0.421 e. The highest BCUT2D eigenvalue weighted by Gasteiger charge is 2.77. The molecule has 2 N–H and O–H groups in total. The number of methoxy groups -OCH3 is 1. The van der Waals surface area contributed by atoms with E-state index in [1.54, 1.807) is 18.2 Å². The SMILES string of the molecule is COC1=CC(O)=C2C[C@@H]3[C@@H]4CCC[C@@H]5OC1(NC(=O)C(=Cc1ccccc1)C(F)(F)F)C2[C@@]54CC[N+]3(C)C. The highest BCUT2D eigenvalue weighted by atomic mass is 19.4. The van der Waals surface area contributed by atoms with Crippen molar-refractivity contribution in [3.63, 3.8) is 0 Å². The van der Waals surface area contributed by atoms with E-state index in [0.29, 0.717) is 6.42 Å². The van der Waals surface area contributed by atoms with Crippen molar-refractivity contribution in [2.24, 2.45) is 17.3 Å². The number of benzene rings is 1. The van der Waals surface area contributed by atoms with E-state index in [1.165, 1.54) is 25.3 Å². The van der Waals surface area contributed by atoms with Crippen molar-refractivity contribution < 1.29 is 37.0 Å². The Morgan fingerprint density at radius 3 is 2.66 bits per heavy atom. The maximum absolute atomic E-state index is 14.3. The van der Waals surface area contributed by atoms with Crippen LogP contribution in [0, 0.1) is 17.3 Å². The van der Waals surface area contributed by atoms with Gasteiger partial charge in [-0.15, -0.1) is 0 Å². The van der Waals surface area contributed by atoms with Crippen LogP contribution in [-0.4, -0.2) is 67.3 Å². The van der Waals surface area contributed by atoms with E-state index in [9.17, 15) is 23.1 Å². The first-order chi connectivity index (χ1) is 17.9. The Labute approximate surface area is 220 Å². The normalized spacial score (nSPS) is 37.3. The van der Waals surface area contributed by atoms with E-state index in [2.05, 4.69) is 19.4 Å². The summed E-state index contributed by atoms with van der Waals surface area (Å²) in [6.07, 6.45) is 1.22. The lowest BCUT2D eigenvalue weighted by Crippen LogP contribution is -2.71. The third kappa shape index (κ3) is 3.43. The van der Waals surface area contributed by atoms with Gasteiger partial charge in [0.15, 0.2) is 5.76 Å². The Bertz CT molecular complexity index is 1250. The molecule has 6 rings (SSSR count). The van der Waals surface area contributed by atoms with Gasteiger partial charge < -0.3 is 24.4 Å². The molecule has 204 valence electrons. The number of nitrogens with zero attached hydrogens (tertiary/aromatic N) is 1. The summed E-state index contributed by atoms with van der Waals surface area (Å²) >= 11 is 0. The summed E-state index contributed by atoms with van der Waals surface area (Å²) in [5.74, 6) is -1.29. The number of allylic oxidation sites excluding steroid dienone is 1. The van der Waals surface area contributed by atoms with Crippen LogP contribution in [0.4, 0.5) is 13.2 Å². The molecule has 5 aliphatic rings. The number of rotatable bonds is 4. The van der Waals surface area contributed by atoms with Gasteiger partial charge in [0.05, 0.1) is 39.9 Å². The van der Waals surface area contributed by atoms with Gasteiger partial charge in [-0.25, -0.2) is 0 Å². The molecule has 2 bridgehead atoms. The van der Waals surface area contributed by atoms with Gasteiger partial charge >= 0.3 is 6.18 Å². The predicted octanol–water partition coefficient (Wildman–Crippen LogP) is 4.85. The number of aliphatic hydroxyl groups excluding tert-OH is 1. The molecule has 1 amide bonds. The average molecular weight is 532 g/mol. The molecule has 4 fully saturated rings. The van der Waals surface area contributed by atoms with Crippen molar-refractivity contribution in [1.82, 2.24) is 5.32 Å². The Morgan fingerprint density at radius 1 is 1.24 bits per heavy atom. The van der Waals surface area contributed by atoms with E-state index >= 15 is 0 Å². The van der Waals surface area contributed by atoms with Gasteiger partial charge in [-0.05, 0) is 30.1 Å². The zero-order valence-electron chi connectivity index (χ0n) is 21.8. The number of carbonyl (C=O) groups is 1. The first kappa shape index (κ1) is 25.5. The monoisotopic (exact) mass is 531 g/mol. The fourth-order valence-electron chi connectivity index (χ4n) is 8.40. The maximum atomic E-state index is 14.3. The highest BCUT2D eigenvalue weighted by Crippen LogP contribution is 2.70. The first-order valence-electron chi connectivity index (χ1n) is 13.3. The number of piperidine rings is 1. The molecule has 1 aromatic carbocycles. The van der Waals surface area contributed by atoms with Gasteiger partial charge in [0.25, 0.3) is 5.91 Å². The van der Waals surface area contributed by atoms with Gasteiger partial charge in [0, 0.05) is 36.2 Å². The van der Waals surface area contributed by atoms with E-state index in [-0.39, 0.29) is 35.1 Å². The van der Waals surface area contributed by atoms with Gasteiger partial charge in [0.2, 0.25) is 5.72 Å². The summed E-state index contributed by atoms with van der Waals surface area (Å²) in [7, 11) is 5.83. The molecule has 2 saturated heterocycles. The number of quaternary nitrogens is 1. The molecule has 6 nitrogen and oxygen atoms in total. The molecule has 2 unspecified atom stereocenters. The second-order valence-electron chi connectivity index (χ2n) is 12.0. The Kier molecular flexibility index (Phi) is 5.61. The van der Waals surface area contributed by atoms with Gasteiger partial charge in [-0.3, -0.25) is 4.79 Å². The lowest BCUT2D eigenvalue weighted by molar-refractivity contribution is -0.929. The summed E-state index contributed by atoms with van der Waals surface area (Å²) in [6.45, 7) is 0.892. The number of hydrogen-bond acceptors (Lipinski definition) is 4. The molecular formula is C29H34F3N2O4+. The van der Waals surface area contributed by atoms with E-state index in [1.807, 2.05) is 0 Å². The van der Waals surface area contributed by atoms with Crippen LogP contribution in [0.5, 0.6) is 0 Å². The number of likely N-dealkylation sites (tertiary alicyclic amines) is 1. The topological polar surface area (TPSA) is 67.8 Å². The lowest BCUT2D eigenvalue weighted by atomic mass is 9.46. The standard InChI is InChI=1S/C29H33F3N2O4/c1-34(2)13-12-27-19-10-7-11-23(27)38-28(24(37-3)16-22(35)18(25(27)28)15-21(19)34)33-26(36)20(29(30,31)32)14-17-8-5-4-6-9-17/h4-6,8-9,14,16,19,21,23,25H,7,10-13,15H2,1-3H3,(H-,33,35,36)/p+1/t19-,21+,23-,25?,27+,28?/m0/s1. The smallest absolute Gasteiger partial charge is 0.421 e. The quantitative estimate of drug-likeness (QED) is 0.431. The fraction of sp³-hybridized carbons (Fsp3) is 0.552. The molecule has 1 aromatic rings. The summed E-state index contributed by atoms with van der Waals surface area (Å²) in [5, 5.41) is 13.9. The van der Waals surface area contributed by atoms with Crippen LogP contribution in [0.25, 0.3) is 6.08 Å². The van der Waals surface area contributed by atoms with Gasteiger partial charge in [-0.1, -0.05) is 36.8 Å². The number of hydrogen-bond donors (Lipinski definition) is 2. The van der Waals surface area contributed by atoms with Gasteiger partial charge in [-0.2, -0.15) is 13.2 Å². The number of amides is 1. The minimum absolute atomic E-state index is 0.0761. The number of carbonyl (C=O) groups excluding carboxylic acids is 1. The summed E-state index contributed by atoms with van der Waals surface area (Å²) in [5.41, 5.74) is -2.31. The molecule has 2 aliphatic heterocycles. The first-order valence-corrected chi connectivity index (χ1v) is 13.3. The number of alkyl halides is 3. The van der Waals surface area contributed by atoms with Crippen LogP contribution in [0.3, 0.4) is 0 Å². The Hall–Kier alpha value is -2.78. The Morgan fingerprint density at radius 2 is 1.97 bits per heavy atom. The zero-order valence-corrected chi connectivity index (χ0v) is 21.8. The second kappa shape index (κ2) is 8.36. The molecule has 0 aromatic heterocycles. The van der Waals surface area contributed by atoms with Crippen molar-refractivity contribution >= 4 is 12.0 Å². The van der Waals surface area contributed by atoms with Crippen molar-refractivity contribution in [1.29, 1.82) is 0 Å². The number of aliphatic hydroxyl groups is 1. The minimum atomic E-state index is -4.89. The average Bonchev–Trinajstić information content (AvgIpc) is 3.15. The number of halogens is 3. The van der Waals surface area contributed by atoms with Crippen LogP contribution in [0.2, 0.25) is 0 Å². The predicted molar refractivity (Wildman–Crippen MR) is 134 cm³/mol. The molecule has 3 aliphatic carbocycles. The second-order valence-corrected chi connectivity index (χ2v) is 12.0. The van der Waals surface area contributed by atoms with Crippen molar-refractivity contribution in [2.45, 2.75) is 56.2 Å². The van der Waals surface area contributed by atoms with Crippen LogP contribution in [0.15, 0.2) is 59.1 Å². The van der Waals surface area contributed by atoms with Crippen molar-refractivity contribution in [3.8, 4) is 0 Å². The molecule has 9 heteroatoms. The summed E-state index contributed by atoms with van der Waals surface area (Å²) in [6, 6.07) is 8.24. The molecule has 2 saturated carbocycles. The molecule has 38 heavy (non-hydrogen) atoms. The van der Waals surface area contributed by atoms with Gasteiger partial charge in [0.1, 0.15) is 11.3 Å². The van der Waals surface area contributed by atoms with Crippen molar-refractivity contribution in [2.75, 3.05) is 27.7 Å².